The normalized spacial score (nSPS) is 16.3. The number of imide groups is 1. The lowest BCUT2D eigenvalue weighted by Crippen LogP contribution is -2.44. The Labute approximate surface area is 453 Å². The molecule has 4 aromatic carbocycles. The van der Waals surface area contributed by atoms with Crippen LogP contribution in [-0.2, 0) is 25.5 Å². The minimum absolute atomic E-state index is 0.0126. The van der Waals surface area contributed by atoms with Crippen LogP contribution in [0.15, 0.2) is 110 Å². The van der Waals surface area contributed by atoms with Crippen LogP contribution in [0.5, 0.6) is 17.2 Å². The third kappa shape index (κ3) is 12.1. The summed E-state index contributed by atoms with van der Waals surface area (Å²) in [4.78, 5) is 79.7. The number of aromatic nitrogens is 6. The molecule has 3 aliphatic heterocycles. The highest BCUT2D eigenvalue weighted by molar-refractivity contribution is 6.12. The molecule has 10 rings (SSSR count). The lowest BCUT2D eigenvalue weighted by molar-refractivity contribution is -0.137. The zero-order chi connectivity index (χ0) is 54.3. The Morgan fingerprint density at radius 3 is 2.23 bits per heavy atom. The van der Waals surface area contributed by atoms with Gasteiger partial charge in [-0.2, -0.15) is 0 Å². The Kier molecular flexibility index (Phi) is 16.3. The van der Waals surface area contributed by atoms with Crippen molar-refractivity contribution in [3.63, 3.8) is 0 Å². The quantitative estimate of drug-likeness (QED) is 0.0225. The third-order valence-corrected chi connectivity index (χ3v) is 14.7. The van der Waals surface area contributed by atoms with Crippen molar-refractivity contribution in [2.24, 2.45) is 0 Å². The number of likely N-dealkylation sites (N-methyl/N-ethyl adjacent to an activating group) is 1. The summed E-state index contributed by atoms with van der Waals surface area (Å²) < 4.78 is 26.0. The summed E-state index contributed by atoms with van der Waals surface area (Å²) in [7, 11) is 3.70. The first-order chi connectivity index (χ1) is 37.9. The number of hydrogen-bond donors (Lipinski definition) is 3. The van der Waals surface area contributed by atoms with Crippen LogP contribution >= 0.6 is 0 Å². The van der Waals surface area contributed by atoms with E-state index >= 15 is 0 Å². The van der Waals surface area contributed by atoms with Crippen LogP contribution < -0.4 is 24.8 Å². The summed E-state index contributed by atoms with van der Waals surface area (Å²) in [6.45, 7) is 12.1. The molecule has 2 fully saturated rings. The van der Waals surface area contributed by atoms with Crippen molar-refractivity contribution < 1.29 is 38.1 Å². The van der Waals surface area contributed by atoms with E-state index in [1.807, 2.05) is 48.0 Å². The number of fused-ring (bicyclic) bond motifs is 2. The zero-order valence-electron chi connectivity index (χ0n) is 44.5. The molecule has 4 N–H and O–H groups in total. The van der Waals surface area contributed by atoms with Crippen molar-refractivity contribution >= 4 is 56.9 Å². The Bertz CT molecular complexity index is 3330. The summed E-state index contributed by atoms with van der Waals surface area (Å²) in [5.41, 5.74) is 15.6. The topological polar surface area (TPSA) is 219 Å². The number of aryl methyl sites for hydroxylation is 1. The van der Waals surface area contributed by atoms with E-state index in [1.54, 1.807) is 23.4 Å². The Balaban J connectivity index is 0.674. The number of hydrogen-bond acceptors (Lipinski definition) is 14. The molecule has 7 aromatic rings. The summed E-state index contributed by atoms with van der Waals surface area (Å²) in [5.74, 6) is 2.23. The number of nitrogens with zero attached hydrogens (tertiary/aromatic N) is 8. The highest BCUT2D eigenvalue weighted by atomic mass is 16.5. The standard InChI is InChI=1S/C59H67N11O8/c1-5-76-59(68-36-41(61-37-68)14-16-43(71)10-9-23-69-54(72)21-22-55(69)73)51-30-38(2)35-70(51)58(74)45-33-52(75-4)53(34-46(45)60)78-29-8-6-7-28-77-44-17-11-39(12-18-44)56-62-47-19-13-40(31-49(47)64-56)57-63-48-20-15-42(32-50(48)65-57)67-26-24-66(3)25-27-67/h11-13,15,17-22,31-34,36-37,51,59H,2,5-10,14,16,23-30,35,60H2,1,3-4H3,(H,62,64)(H,63,65)/t51-,59?/m0/s1. The average Bonchev–Trinajstić information content (AvgIpc) is 4.31. The van der Waals surface area contributed by atoms with Crippen molar-refractivity contribution in [1.82, 2.24) is 44.2 Å². The maximum atomic E-state index is 14.4. The number of imidazole rings is 3. The van der Waals surface area contributed by atoms with Crippen LogP contribution in [-0.4, -0.2) is 147 Å². The fourth-order valence-electron chi connectivity index (χ4n) is 10.3. The number of anilines is 2. The highest BCUT2D eigenvalue weighted by Gasteiger charge is 2.39. The number of likely N-dealkylation sites (tertiary alicyclic amines) is 1. The second-order valence-corrected chi connectivity index (χ2v) is 20.2. The average molecular weight is 1060 g/mol. The molecule has 406 valence electrons. The van der Waals surface area contributed by atoms with Gasteiger partial charge in [0.25, 0.3) is 17.7 Å². The molecule has 0 saturated carbocycles. The van der Waals surface area contributed by atoms with Crippen molar-refractivity contribution in [2.45, 2.75) is 70.6 Å². The van der Waals surface area contributed by atoms with Crippen molar-refractivity contribution in [1.29, 1.82) is 0 Å². The van der Waals surface area contributed by atoms with Gasteiger partial charge in [0.05, 0.1) is 66.0 Å². The van der Waals surface area contributed by atoms with Crippen molar-refractivity contribution in [2.75, 3.05) is 83.9 Å². The number of ketones is 1. The molecule has 0 aliphatic carbocycles. The van der Waals surface area contributed by atoms with Gasteiger partial charge in [-0.05, 0) is 119 Å². The van der Waals surface area contributed by atoms with E-state index in [2.05, 4.69) is 68.7 Å². The lowest BCUT2D eigenvalue weighted by atomic mass is 10.1. The molecule has 0 radical (unpaired) electrons. The van der Waals surface area contributed by atoms with Crippen LogP contribution in [0.4, 0.5) is 11.4 Å². The van der Waals surface area contributed by atoms with Crippen LogP contribution in [0.2, 0.25) is 0 Å². The van der Waals surface area contributed by atoms with Crippen molar-refractivity contribution in [3.8, 4) is 40.0 Å². The monoisotopic (exact) mass is 1060 g/mol. The summed E-state index contributed by atoms with van der Waals surface area (Å²) in [6, 6.07) is 23.4. The zero-order valence-corrected chi connectivity index (χ0v) is 44.5. The van der Waals surface area contributed by atoms with Gasteiger partial charge in [-0.1, -0.05) is 12.2 Å². The lowest BCUT2D eigenvalue weighted by Gasteiger charge is -2.34. The highest BCUT2D eigenvalue weighted by Crippen LogP contribution is 2.37. The largest absolute Gasteiger partial charge is 0.494 e. The molecule has 2 atom stereocenters. The fraction of sp³-hybridized carbons (Fsp3) is 0.373. The van der Waals surface area contributed by atoms with E-state index in [1.165, 1.54) is 24.9 Å². The number of H-pyrrole nitrogens is 2. The number of carbonyl (C=O) groups is 4. The molecule has 19 nitrogen and oxygen atoms in total. The molecule has 3 amide bonds. The number of piperazine rings is 1. The first-order valence-electron chi connectivity index (χ1n) is 26.8. The number of aromatic amines is 2. The number of nitrogen functional groups attached to an aromatic ring is 1. The fourth-order valence-corrected chi connectivity index (χ4v) is 10.3. The van der Waals surface area contributed by atoms with E-state index in [-0.39, 0.29) is 54.1 Å². The molecule has 0 spiro atoms. The number of carbonyl (C=O) groups excluding carboxylic acids is 4. The summed E-state index contributed by atoms with van der Waals surface area (Å²) in [6.07, 6.45) is 9.65. The Hall–Kier alpha value is -8.29. The predicted molar refractivity (Wildman–Crippen MR) is 298 cm³/mol. The number of nitrogens with one attached hydrogen (secondary N) is 2. The maximum absolute atomic E-state index is 14.4. The number of nitrogens with two attached hydrogens (primary N) is 1. The first kappa shape index (κ1) is 53.1. The molecular weight excluding hydrogens is 991 g/mol. The van der Waals surface area contributed by atoms with Crippen LogP contribution in [0.1, 0.15) is 74.1 Å². The first-order valence-corrected chi connectivity index (χ1v) is 26.8. The van der Waals surface area contributed by atoms with Gasteiger partial charge in [0, 0.05) is 106 Å². The van der Waals surface area contributed by atoms with Gasteiger partial charge in [-0.3, -0.25) is 24.1 Å². The van der Waals surface area contributed by atoms with E-state index in [0.717, 1.165) is 107 Å². The van der Waals surface area contributed by atoms with E-state index in [4.69, 9.17) is 34.6 Å². The molecule has 3 aliphatic rings. The molecule has 78 heavy (non-hydrogen) atoms. The number of amides is 3. The number of unbranched alkanes of at least 4 members (excludes halogenated alkanes) is 2. The van der Waals surface area contributed by atoms with Gasteiger partial charge in [-0.25, -0.2) is 15.0 Å². The minimum Gasteiger partial charge on any atom is -0.494 e. The van der Waals surface area contributed by atoms with Gasteiger partial charge in [0.15, 0.2) is 17.7 Å². The van der Waals surface area contributed by atoms with Gasteiger partial charge >= 0.3 is 0 Å². The van der Waals surface area contributed by atoms with Crippen LogP contribution in [0.25, 0.3) is 44.8 Å². The van der Waals surface area contributed by atoms with Crippen LogP contribution in [0, 0.1) is 0 Å². The molecule has 0 bridgehead atoms. The van der Waals surface area contributed by atoms with Crippen LogP contribution in [0.3, 0.4) is 0 Å². The van der Waals surface area contributed by atoms with Gasteiger partial charge in [-0.15, -0.1) is 0 Å². The maximum Gasteiger partial charge on any atom is 0.256 e. The predicted octanol–water partition coefficient (Wildman–Crippen LogP) is 8.15. The molecule has 19 heteroatoms. The summed E-state index contributed by atoms with van der Waals surface area (Å²) in [5, 5.41) is 0. The molecule has 3 aromatic heterocycles. The second-order valence-electron chi connectivity index (χ2n) is 20.2. The minimum atomic E-state index is -0.585. The Morgan fingerprint density at radius 1 is 0.808 bits per heavy atom. The molecule has 1 unspecified atom stereocenters. The SMILES string of the molecule is C=C1C[C@@H](C(OCC)n2cnc(CCC(=O)CCCN3C(=O)C=CC3=O)c2)N(C(=O)c2cc(OC)c(OCCCCCOc3ccc(-c4nc5ccc(-c6nc7ccc(N8CCN(C)CC8)cc7[nH]6)cc5[nH]4)cc3)cc2N)C1. The third-order valence-electron chi connectivity index (χ3n) is 14.7. The van der Waals surface area contributed by atoms with Crippen molar-refractivity contribution in [3.05, 3.63) is 121 Å². The smallest absolute Gasteiger partial charge is 0.256 e. The number of rotatable bonds is 24. The molecular formula is C59H67N11O8. The number of ether oxygens (including phenoxy) is 4. The van der Waals surface area contributed by atoms with E-state index < -0.39 is 12.3 Å². The second kappa shape index (κ2) is 23.9. The van der Waals surface area contributed by atoms with Gasteiger partial charge in [0.2, 0.25) is 0 Å². The van der Waals surface area contributed by atoms with Gasteiger partial charge < -0.3 is 53.9 Å². The number of Topliss-reactive ketones (excluding diaryl/α,β-unsaturated/α-hetero) is 1. The molecule has 6 heterocycles. The van der Waals surface area contributed by atoms with Gasteiger partial charge in [0.1, 0.15) is 23.2 Å². The summed E-state index contributed by atoms with van der Waals surface area (Å²) >= 11 is 0. The van der Waals surface area contributed by atoms with E-state index in [0.29, 0.717) is 62.8 Å². The number of methoxy groups -OCH3 is 1. The van der Waals surface area contributed by atoms with E-state index in [9.17, 15) is 19.2 Å². The molecule has 2 saturated heterocycles. The number of benzene rings is 4. The Morgan fingerprint density at radius 2 is 1.50 bits per heavy atom.